The third-order valence-electron chi connectivity index (χ3n) is 2.09. The van der Waals surface area contributed by atoms with Crippen LogP contribution in [0.25, 0.3) is 0 Å². The zero-order valence-corrected chi connectivity index (χ0v) is 10.4. The van der Waals surface area contributed by atoms with Crippen molar-refractivity contribution < 1.29 is 19.6 Å². The van der Waals surface area contributed by atoms with Crippen LogP contribution in [0.15, 0.2) is 23.3 Å². The van der Waals surface area contributed by atoms with Crippen molar-refractivity contribution in [3.05, 3.63) is 28.3 Å². The topological polar surface area (TPSA) is 114 Å². The molecule has 0 bridgehead atoms. The number of nitrogens with zero attached hydrogens (tertiary/aromatic N) is 2. The van der Waals surface area contributed by atoms with E-state index in [1.165, 1.54) is 19.1 Å². The van der Waals surface area contributed by atoms with E-state index in [1.54, 1.807) is 6.92 Å². The quantitative estimate of drug-likeness (QED) is 0.275. The summed E-state index contributed by atoms with van der Waals surface area (Å²) < 4.78 is 4.71. The number of hydrazone groups is 1. The molecule has 0 saturated heterocycles. The number of hydrogen-bond acceptors (Lipinski definition) is 7. The van der Waals surface area contributed by atoms with Gasteiger partial charge < -0.3 is 9.84 Å². The number of carbonyl (C=O) groups excluding carboxylic acids is 1. The van der Waals surface area contributed by atoms with Gasteiger partial charge in [0.05, 0.1) is 17.6 Å². The highest BCUT2D eigenvalue weighted by Gasteiger charge is 2.15. The van der Waals surface area contributed by atoms with Gasteiger partial charge >= 0.3 is 5.97 Å². The van der Waals surface area contributed by atoms with Crippen molar-refractivity contribution in [2.45, 2.75) is 13.8 Å². The Balaban J connectivity index is 2.91. The number of anilines is 1. The average Bonchev–Trinajstić information content (AvgIpc) is 2.36. The van der Waals surface area contributed by atoms with Crippen molar-refractivity contribution in [2.75, 3.05) is 12.0 Å². The number of nitrogens with one attached hydrogen (secondary N) is 1. The highest BCUT2D eigenvalue weighted by molar-refractivity contribution is 6.35. The molecule has 8 heteroatoms. The van der Waals surface area contributed by atoms with Gasteiger partial charge in [0.2, 0.25) is 0 Å². The van der Waals surface area contributed by atoms with Gasteiger partial charge in [0, 0.05) is 0 Å². The predicted molar refractivity (Wildman–Crippen MR) is 68.1 cm³/mol. The lowest BCUT2D eigenvalue weighted by Crippen LogP contribution is -2.15. The second kappa shape index (κ2) is 6.34. The number of nitro benzene ring substituents is 1. The first-order valence-electron chi connectivity index (χ1n) is 5.40. The molecule has 1 rings (SSSR count). The van der Waals surface area contributed by atoms with Crippen LogP contribution in [-0.2, 0) is 9.53 Å². The second-order valence-corrected chi connectivity index (χ2v) is 3.49. The van der Waals surface area contributed by atoms with Crippen LogP contribution in [0.5, 0.6) is 5.75 Å². The summed E-state index contributed by atoms with van der Waals surface area (Å²) in [5.74, 6) is -0.847. The number of phenolic OH excluding ortho intramolecular Hbond substituents is 1. The van der Waals surface area contributed by atoms with Crippen LogP contribution in [-0.4, -0.2) is 28.3 Å². The van der Waals surface area contributed by atoms with Crippen LogP contribution in [0.4, 0.5) is 11.4 Å². The largest absolute Gasteiger partial charge is 0.508 e. The molecule has 102 valence electrons. The van der Waals surface area contributed by atoms with Gasteiger partial charge in [0.25, 0.3) is 5.69 Å². The smallest absolute Gasteiger partial charge is 0.354 e. The normalized spacial score (nSPS) is 10.9. The summed E-state index contributed by atoms with van der Waals surface area (Å²) in [5.41, 5.74) is 2.14. The number of phenols is 1. The molecule has 0 aliphatic rings. The second-order valence-electron chi connectivity index (χ2n) is 3.49. The molecule has 0 radical (unpaired) electrons. The highest BCUT2D eigenvalue weighted by atomic mass is 16.6. The molecule has 19 heavy (non-hydrogen) atoms. The summed E-state index contributed by atoms with van der Waals surface area (Å²) >= 11 is 0. The maximum atomic E-state index is 11.3. The Morgan fingerprint density at radius 3 is 2.84 bits per heavy atom. The van der Waals surface area contributed by atoms with Crippen molar-refractivity contribution in [3.8, 4) is 5.75 Å². The maximum absolute atomic E-state index is 11.3. The van der Waals surface area contributed by atoms with Gasteiger partial charge in [-0.05, 0) is 26.0 Å². The molecular formula is C11H13N3O5. The Morgan fingerprint density at radius 1 is 1.58 bits per heavy atom. The Labute approximate surface area is 108 Å². The fourth-order valence-corrected chi connectivity index (χ4v) is 1.19. The summed E-state index contributed by atoms with van der Waals surface area (Å²) in [4.78, 5) is 21.4. The highest BCUT2D eigenvalue weighted by Crippen LogP contribution is 2.28. The third kappa shape index (κ3) is 3.95. The average molecular weight is 267 g/mol. The molecule has 0 spiro atoms. The van der Waals surface area contributed by atoms with Gasteiger partial charge in [0.1, 0.15) is 17.1 Å². The number of benzene rings is 1. The van der Waals surface area contributed by atoms with Crippen molar-refractivity contribution >= 4 is 23.1 Å². The molecular weight excluding hydrogens is 254 g/mol. The number of rotatable bonds is 5. The molecule has 0 saturated carbocycles. The third-order valence-corrected chi connectivity index (χ3v) is 2.09. The van der Waals surface area contributed by atoms with Crippen LogP contribution < -0.4 is 5.43 Å². The van der Waals surface area contributed by atoms with Crippen LogP contribution in [0, 0.1) is 10.1 Å². The van der Waals surface area contributed by atoms with E-state index in [2.05, 4.69) is 10.5 Å². The van der Waals surface area contributed by atoms with E-state index in [4.69, 9.17) is 4.74 Å². The van der Waals surface area contributed by atoms with Gasteiger partial charge in [-0.25, -0.2) is 4.79 Å². The molecule has 0 heterocycles. The van der Waals surface area contributed by atoms with Crippen molar-refractivity contribution in [2.24, 2.45) is 5.10 Å². The predicted octanol–water partition coefficient (Wildman–Crippen LogP) is 1.65. The Kier molecular flexibility index (Phi) is 4.81. The summed E-state index contributed by atoms with van der Waals surface area (Å²) in [7, 11) is 0. The standard InChI is InChI=1S/C11H13N3O5/c1-3-19-11(16)7(2)12-13-9-5-4-8(15)6-10(9)14(17)18/h4-6,13,15H,3H2,1-2H3. The molecule has 0 aromatic heterocycles. The number of esters is 1. The van der Waals surface area contributed by atoms with E-state index in [9.17, 15) is 20.0 Å². The van der Waals surface area contributed by atoms with Crippen LogP contribution in [0.1, 0.15) is 13.8 Å². The van der Waals surface area contributed by atoms with Gasteiger partial charge in [-0.1, -0.05) is 0 Å². The monoisotopic (exact) mass is 267 g/mol. The minimum atomic E-state index is -0.669. The van der Waals surface area contributed by atoms with E-state index in [0.29, 0.717) is 0 Å². The minimum absolute atomic E-state index is 0.0317. The molecule has 0 amide bonds. The molecule has 2 N–H and O–H groups in total. The Hall–Kier alpha value is -2.64. The molecule has 1 aromatic carbocycles. The lowest BCUT2D eigenvalue weighted by molar-refractivity contribution is -0.384. The Morgan fingerprint density at radius 2 is 2.26 bits per heavy atom. The molecule has 0 aliphatic carbocycles. The molecule has 8 nitrogen and oxygen atoms in total. The first-order chi connectivity index (χ1) is 8.95. The number of hydrogen-bond donors (Lipinski definition) is 2. The first kappa shape index (κ1) is 14.4. The maximum Gasteiger partial charge on any atom is 0.354 e. The van der Waals surface area contributed by atoms with Crippen molar-refractivity contribution in [1.29, 1.82) is 0 Å². The van der Waals surface area contributed by atoms with Gasteiger partial charge in [-0.2, -0.15) is 5.10 Å². The molecule has 0 unspecified atom stereocenters. The van der Waals surface area contributed by atoms with Gasteiger partial charge in [-0.15, -0.1) is 0 Å². The van der Waals surface area contributed by atoms with E-state index in [0.717, 1.165) is 6.07 Å². The summed E-state index contributed by atoms with van der Waals surface area (Å²) in [6.45, 7) is 3.28. The fraction of sp³-hybridized carbons (Fsp3) is 0.273. The van der Waals surface area contributed by atoms with Crippen LogP contribution in [0.2, 0.25) is 0 Å². The van der Waals surface area contributed by atoms with Crippen LogP contribution >= 0.6 is 0 Å². The zero-order valence-electron chi connectivity index (χ0n) is 10.4. The van der Waals surface area contributed by atoms with E-state index < -0.39 is 10.9 Å². The van der Waals surface area contributed by atoms with Crippen LogP contribution in [0.3, 0.4) is 0 Å². The van der Waals surface area contributed by atoms with Crippen molar-refractivity contribution in [3.63, 3.8) is 0 Å². The number of aromatic hydroxyl groups is 1. The number of ether oxygens (including phenoxy) is 1. The van der Waals surface area contributed by atoms with E-state index >= 15 is 0 Å². The molecule has 0 aliphatic heterocycles. The van der Waals surface area contributed by atoms with E-state index in [-0.39, 0.29) is 29.4 Å². The van der Waals surface area contributed by atoms with Crippen molar-refractivity contribution in [1.82, 2.24) is 0 Å². The minimum Gasteiger partial charge on any atom is -0.508 e. The number of carbonyl (C=O) groups is 1. The Bertz CT molecular complexity index is 527. The van der Waals surface area contributed by atoms with Gasteiger partial charge in [-0.3, -0.25) is 15.5 Å². The first-order valence-corrected chi connectivity index (χ1v) is 5.40. The zero-order chi connectivity index (χ0) is 14.4. The summed E-state index contributed by atoms with van der Waals surface area (Å²) in [5, 5.41) is 23.6. The molecule has 1 aromatic rings. The molecule has 0 atom stereocenters. The summed E-state index contributed by atoms with van der Waals surface area (Å²) in [6, 6.07) is 3.54. The molecule has 0 fully saturated rings. The van der Waals surface area contributed by atoms with Gasteiger partial charge in [0.15, 0.2) is 0 Å². The summed E-state index contributed by atoms with van der Waals surface area (Å²) in [6.07, 6.45) is 0. The van der Waals surface area contributed by atoms with E-state index in [1.807, 2.05) is 0 Å². The lowest BCUT2D eigenvalue weighted by Gasteiger charge is -2.04. The lowest BCUT2D eigenvalue weighted by atomic mass is 10.2. The SMILES string of the molecule is CCOC(=O)C(C)=NNc1ccc(O)cc1[N+](=O)[O-]. The fourth-order valence-electron chi connectivity index (χ4n) is 1.19. The number of nitro groups is 1.